The fourth-order valence-corrected chi connectivity index (χ4v) is 5.97. The summed E-state index contributed by atoms with van der Waals surface area (Å²) in [6, 6.07) is 15.1. The lowest BCUT2D eigenvalue weighted by molar-refractivity contribution is -0.137. The van der Waals surface area contributed by atoms with Gasteiger partial charge < -0.3 is 19.7 Å². The number of ether oxygens (including phenoxy) is 2. The average molecular weight is 691 g/mol. The van der Waals surface area contributed by atoms with Gasteiger partial charge in [0.15, 0.2) is 5.69 Å². The molecule has 2 aromatic heterocycles. The van der Waals surface area contributed by atoms with Crippen LogP contribution in [0.15, 0.2) is 79.4 Å². The summed E-state index contributed by atoms with van der Waals surface area (Å²) in [5.41, 5.74) is 1.68. The van der Waals surface area contributed by atoms with Crippen molar-refractivity contribution < 1.29 is 32.2 Å². The largest absolute Gasteiger partial charge is 0.476 e. The molecule has 0 bridgehead atoms. The maximum Gasteiger partial charge on any atom is 0.416 e. The van der Waals surface area contributed by atoms with Crippen molar-refractivity contribution in [1.29, 1.82) is 0 Å². The number of pyridine rings is 1. The van der Waals surface area contributed by atoms with E-state index in [9.17, 15) is 22.8 Å². The van der Waals surface area contributed by atoms with Crippen LogP contribution in [0.3, 0.4) is 0 Å². The van der Waals surface area contributed by atoms with Gasteiger partial charge in [-0.25, -0.2) is 0 Å². The minimum absolute atomic E-state index is 0.0278. The van der Waals surface area contributed by atoms with E-state index in [-0.39, 0.29) is 29.6 Å². The lowest BCUT2D eigenvalue weighted by Crippen LogP contribution is -2.45. The van der Waals surface area contributed by atoms with E-state index in [0.717, 1.165) is 51.0 Å². The lowest BCUT2D eigenvalue weighted by Gasteiger charge is -2.32. The molecule has 264 valence electrons. The fraction of sp³-hybridized carbons (Fsp3) is 0.378. The second-order valence-electron chi connectivity index (χ2n) is 11.8. The van der Waals surface area contributed by atoms with Gasteiger partial charge in [-0.05, 0) is 87.5 Å². The highest BCUT2D eigenvalue weighted by atomic mass is 19.4. The summed E-state index contributed by atoms with van der Waals surface area (Å²) < 4.78 is 50.8. The highest BCUT2D eigenvalue weighted by molar-refractivity contribution is 6.07. The first-order valence-corrected chi connectivity index (χ1v) is 16.8. The van der Waals surface area contributed by atoms with Crippen molar-refractivity contribution in [2.24, 2.45) is 0 Å². The zero-order chi connectivity index (χ0) is 35.5. The molecule has 1 aliphatic rings. The van der Waals surface area contributed by atoms with E-state index >= 15 is 0 Å². The molecule has 5 rings (SSSR count). The van der Waals surface area contributed by atoms with Gasteiger partial charge in [-0.1, -0.05) is 30.3 Å². The molecule has 10 nitrogen and oxygen atoms in total. The van der Waals surface area contributed by atoms with E-state index < -0.39 is 11.7 Å². The molecular weight excluding hydrogens is 649 g/mol. The first-order chi connectivity index (χ1) is 24.2. The quantitative estimate of drug-likeness (QED) is 0.146. The Bertz CT molecular complexity index is 1690. The number of rotatable bonds is 14. The molecule has 0 atom stereocenters. The number of nitrogens with one attached hydrogen (secondary N) is 1. The molecule has 3 heterocycles. The summed E-state index contributed by atoms with van der Waals surface area (Å²) in [6.07, 6.45) is 3.12. The monoisotopic (exact) mass is 690 g/mol. The highest BCUT2D eigenvalue weighted by Crippen LogP contribution is 2.36. The third-order valence-electron chi connectivity index (χ3n) is 8.48. The van der Waals surface area contributed by atoms with E-state index in [2.05, 4.69) is 25.2 Å². The van der Waals surface area contributed by atoms with Crippen LogP contribution in [0, 0.1) is 0 Å². The summed E-state index contributed by atoms with van der Waals surface area (Å²) in [5, 5.41) is 3.13. The molecule has 0 spiro atoms. The normalized spacial score (nSPS) is 13.9. The second kappa shape index (κ2) is 17.1. The Kier molecular flexibility index (Phi) is 12.4. The van der Waals surface area contributed by atoms with Gasteiger partial charge in [0, 0.05) is 49.2 Å². The Balaban J connectivity index is 1.16. The number of anilines is 1. The molecule has 1 N–H and O–H groups in total. The fourth-order valence-electron chi connectivity index (χ4n) is 5.97. The van der Waals surface area contributed by atoms with E-state index in [1.165, 1.54) is 18.5 Å². The van der Waals surface area contributed by atoms with Crippen molar-refractivity contribution in [2.45, 2.75) is 51.7 Å². The van der Waals surface area contributed by atoms with Gasteiger partial charge >= 0.3 is 6.18 Å². The molecule has 13 heteroatoms. The standard InChI is InChI=1S/C37H41F3N6O4/c1-3-49-34-32(35(50-4-2)43-25-42-34)46(36(48)27-15-19-41-20-16-27)22-8-7-21-45-23-17-29(18-24-45)44-33(47)31-10-6-5-9-30(31)26-11-13-28(14-12-26)37(38,39)40/h5-6,9-16,19-20,25,29H,3-4,7-8,17-18,21-24H2,1-2H3,(H,44,47). The molecule has 1 aliphatic heterocycles. The number of aromatic nitrogens is 3. The van der Waals surface area contributed by atoms with Gasteiger partial charge in [-0.15, -0.1) is 0 Å². The first kappa shape index (κ1) is 36.2. The summed E-state index contributed by atoms with van der Waals surface area (Å²) in [7, 11) is 0. The van der Waals surface area contributed by atoms with Crippen LogP contribution in [0.5, 0.6) is 11.8 Å². The Morgan fingerprint density at radius 3 is 2.16 bits per heavy atom. The lowest BCUT2D eigenvalue weighted by atomic mass is 9.97. The van der Waals surface area contributed by atoms with Gasteiger partial charge in [-0.2, -0.15) is 23.1 Å². The summed E-state index contributed by atoms with van der Waals surface area (Å²) in [4.78, 5) is 43.7. The second-order valence-corrected chi connectivity index (χ2v) is 11.8. The first-order valence-electron chi connectivity index (χ1n) is 16.8. The highest BCUT2D eigenvalue weighted by Gasteiger charge is 2.31. The number of amides is 2. The predicted molar refractivity (Wildman–Crippen MR) is 183 cm³/mol. The van der Waals surface area contributed by atoms with E-state index in [0.29, 0.717) is 54.1 Å². The third kappa shape index (κ3) is 9.14. The number of halogens is 3. The van der Waals surface area contributed by atoms with Crippen LogP contribution in [0.25, 0.3) is 11.1 Å². The number of alkyl halides is 3. The molecule has 50 heavy (non-hydrogen) atoms. The molecule has 0 radical (unpaired) electrons. The van der Waals surface area contributed by atoms with Crippen molar-refractivity contribution in [1.82, 2.24) is 25.2 Å². The van der Waals surface area contributed by atoms with Gasteiger partial charge in [0.2, 0.25) is 11.8 Å². The van der Waals surface area contributed by atoms with Crippen LogP contribution >= 0.6 is 0 Å². The molecule has 1 fully saturated rings. The number of hydrogen-bond acceptors (Lipinski definition) is 8. The number of nitrogens with zero attached hydrogens (tertiary/aromatic N) is 5. The molecule has 0 aliphatic carbocycles. The van der Waals surface area contributed by atoms with Crippen LogP contribution < -0.4 is 19.7 Å². The Hall–Kier alpha value is -5.04. The number of carbonyl (C=O) groups is 2. The number of benzene rings is 2. The van der Waals surface area contributed by atoms with Crippen LogP contribution in [0.2, 0.25) is 0 Å². The average Bonchev–Trinajstić information content (AvgIpc) is 3.13. The molecule has 0 unspecified atom stereocenters. The summed E-state index contributed by atoms with van der Waals surface area (Å²) in [5.74, 6) is 0.0696. The van der Waals surface area contributed by atoms with Gasteiger partial charge in [0.1, 0.15) is 6.33 Å². The van der Waals surface area contributed by atoms with Crippen LogP contribution in [0.1, 0.15) is 65.8 Å². The van der Waals surface area contributed by atoms with Crippen LogP contribution in [0.4, 0.5) is 18.9 Å². The zero-order valence-electron chi connectivity index (χ0n) is 28.2. The Labute approximate surface area is 289 Å². The third-order valence-corrected chi connectivity index (χ3v) is 8.48. The predicted octanol–water partition coefficient (Wildman–Crippen LogP) is 6.68. The summed E-state index contributed by atoms with van der Waals surface area (Å²) in [6.45, 7) is 7.19. The molecular formula is C37H41F3N6O4. The van der Waals surface area contributed by atoms with Crippen molar-refractivity contribution in [3.05, 3.63) is 96.1 Å². The van der Waals surface area contributed by atoms with Gasteiger partial charge in [0.25, 0.3) is 11.8 Å². The van der Waals surface area contributed by atoms with Crippen LogP contribution in [-0.4, -0.2) is 77.1 Å². The van der Waals surface area contributed by atoms with E-state index in [4.69, 9.17) is 9.47 Å². The number of unbranched alkanes of at least 4 members (excludes halogenated alkanes) is 1. The smallest absolute Gasteiger partial charge is 0.416 e. The number of piperidine rings is 1. The molecule has 0 saturated carbocycles. The van der Waals surface area contributed by atoms with Gasteiger partial charge in [0.05, 0.1) is 18.8 Å². The van der Waals surface area contributed by atoms with E-state index in [1.54, 1.807) is 53.7 Å². The van der Waals surface area contributed by atoms with Gasteiger partial charge in [-0.3, -0.25) is 19.5 Å². The minimum atomic E-state index is -4.43. The number of likely N-dealkylation sites (tertiary alicyclic amines) is 1. The van der Waals surface area contributed by atoms with Crippen LogP contribution in [-0.2, 0) is 6.18 Å². The molecule has 1 saturated heterocycles. The maximum absolute atomic E-state index is 13.8. The number of carbonyl (C=O) groups excluding carboxylic acids is 2. The zero-order valence-corrected chi connectivity index (χ0v) is 28.2. The molecule has 4 aromatic rings. The summed E-state index contributed by atoms with van der Waals surface area (Å²) >= 11 is 0. The van der Waals surface area contributed by atoms with Crippen molar-refractivity contribution in [3.8, 4) is 22.9 Å². The SMILES string of the molecule is CCOc1ncnc(OCC)c1N(CCCCN1CCC(NC(=O)c2ccccc2-c2ccc(C(F)(F)F)cc2)CC1)C(=O)c1ccncc1. The maximum atomic E-state index is 13.8. The number of hydrogen-bond donors (Lipinski definition) is 1. The van der Waals surface area contributed by atoms with Crippen molar-refractivity contribution >= 4 is 17.5 Å². The van der Waals surface area contributed by atoms with Crippen molar-refractivity contribution in [3.63, 3.8) is 0 Å². The molecule has 2 amide bonds. The Morgan fingerprint density at radius 2 is 1.54 bits per heavy atom. The molecule has 2 aromatic carbocycles. The topological polar surface area (TPSA) is 110 Å². The minimum Gasteiger partial charge on any atom is -0.476 e. The van der Waals surface area contributed by atoms with E-state index in [1.807, 2.05) is 13.8 Å². The Morgan fingerprint density at radius 1 is 0.900 bits per heavy atom. The van der Waals surface area contributed by atoms with Crippen molar-refractivity contribution in [2.75, 3.05) is 44.3 Å².